The van der Waals surface area contributed by atoms with Gasteiger partial charge in [-0.05, 0) is 43.5 Å². The standard InChI is InChI=1S/C21H26N2O4S/c1-5-13(3)17(23-19(24)15-10-8-7-9-11-15)20(25)22-16-12-14(4)18(28-16)21(26)27-6-2/h7-13,17H,5-6H2,1-4H3,(H,22,25)(H,23,24). The maximum atomic E-state index is 12.9. The third-order valence-corrected chi connectivity index (χ3v) is 5.58. The van der Waals surface area contributed by atoms with Gasteiger partial charge in [0.2, 0.25) is 5.91 Å². The highest BCUT2D eigenvalue weighted by atomic mass is 32.1. The number of esters is 1. The van der Waals surface area contributed by atoms with Crippen molar-refractivity contribution in [3.05, 3.63) is 52.4 Å². The van der Waals surface area contributed by atoms with E-state index in [9.17, 15) is 14.4 Å². The lowest BCUT2D eigenvalue weighted by Gasteiger charge is -2.23. The molecule has 2 unspecified atom stereocenters. The summed E-state index contributed by atoms with van der Waals surface area (Å²) in [6.07, 6.45) is 0.727. The van der Waals surface area contributed by atoms with Gasteiger partial charge in [-0.25, -0.2) is 4.79 Å². The molecule has 28 heavy (non-hydrogen) atoms. The van der Waals surface area contributed by atoms with E-state index in [1.54, 1.807) is 44.2 Å². The number of anilines is 1. The van der Waals surface area contributed by atoms with E-state index >= 15 is 0 Å². The SMILES string of the molecule is CCOC(=O)c1sc(NC(=O)C(NC(=O)c2ccccc2)C(C)CC)cc1C. The number of nitrogens with one attached hydrogen (secondary N) is 2. The van der Waals surface area contributed by atoms with Crippen molar-refractivity contribution in [1.29, 1.82) is 0 Å². The van der Waals surface area contributed by atoms with E-state index in [1.165, 1.54) is 11.3 Å². The molecule has 1 heterocycles. The van der Waals surface area contributed by atoms with Crippen LogP contribution in [0.4, 0.5) is 5.00 Å². The van der Waals surface area contributed by atoms with Gasteiger partial charge in [-0.1, -0.05) is 38.5 Å². The van der Waals surface area contributed by atoms with E-state index in [4.69, 9.17) is 4.74 Å². The van der Waals surface area contributed by atoms with Gasteiger partial charge in [0.25, 0.3) is 5.91 Å². The van der Waals surface area contributed by atoms with Crippen LogP contribution in [-0.2, 0) is 9.53 Å². The minimum Gasteiger partial charge on any atom is -0.462 e. The number of benzene rings is 1. The summed E-state index contributed by atoms with van der Waals surface area (Å²) in [5.41, 5.74) is 1.24. The average Bonchev–Trinajstić information content (AvgIpc) is 3.06. The summed E-state index contributed by atoms with van der Waals surface area (Å²) in [6.45, 7) is 7.71. The maximum Gasteiger partial charge on any atom is 0.348 e. The van der Waals surface area contributed by atoms with Gasteiger partial charge < -0.3 is 15.4 Å². The average molecular weight is 403 g/mol. The number of aryl methyl sites for hydroxylation is 1. The summed E-state index contributed by atoms with van der Waals surface area (Å²) in [5.74, 6) is -1.06. The summed E-state index contributed by atoms with van der Waals surface area (Å²) in [4.78, 5) is 37.8. The topological polar surface area (TPSA) is 84.5 Å². The zero-order valence-electron chi connectivity index (χ0n) is 16.6. The number of ether oxygens (including phenoxy) is 1. The second-order valence-electron chi connectivity index (χ2n) is 6.54. The molecule has 0 aliphatic heterocycles. The lowest BCUT2D eigenvalue weighted by Crippen LogP contribution is -2.47. The molecule has 2 aromatic rings. The van der Waals surface area contributed by atoms with Gasteiger partial charge in [0, 0.05) is 5.56 Å². The van der Waals surface area contributed by atoms with Crippen LogP contribution in [0.1, 0.15) is 52.8 Å². The predicted molar refractivity (Wildman–Crippen MR) is 111 cm³/mol. The Labute approximate surface area is 169 Å². The Kier molecular flexibility index (Phi) is 7.75. The van der Waals surface area contributed by atoms with Gasteiger partial charge in [-0.3, -0.25) is 9.59 Å². The largest absolute Gasteiger partial charge is 0.462 e. The molecule has 0 spiro atoms. The molecule has 2 amide bonds. The molecule has 0 saturated heterocycles. The minimum atomic E-state index is -0.689. The fraction of sp³-hybridized carbons (Fsp3) is 0.381. The highest BCUT2D eigenvalue weighted by Gasteiger charge is 2.27. The number of hydrogen-bond donors (Lipinski definition) is 2. The van der Waals surface area contributed by atoms with Crippen LogP contribution in [0.15, 0.2) is 36.4 Å². The van der Waals surface area contributed by atoms with E-state index < -0.39 is 12.0 Å². The molecule has 2 N–H and O–H groups in total. The molecule has 1 aromatic carbocycles. The third kappa shape index (κ3) is 5.42. The normalized spacial score (nSPS) is 12.7. The molecule has 0 bridgehead atoms. The molecular weight excluding hydrogens is 376 g/mol. The smallest absolute Gasteiger partial charge is 0.348 e. The number of carbonyl (C=O) groups is 3. The molecule has 2 atom stereocenters. The van der Waals surface area contributed by atoms with Crippen LogP contribution in [0, 0.1) is 12.8 Å². The first-order valence-corrected chi connectivity index (χ1v) is 10.1. The second-order valence-corrected chi connectivity index (χ2v) is 7.59. The van der Waals surface area contributed by atoms with Crippen molar-refractivity contribution in [3.63, 3.8) is 0 Å². The maximum absolute atomic E-state index is 12.9. The van der Waals surface area contributed by atoms with Crippen LogP contribution >= 0.6 is 11.3 Å². The van der Waals surface area contributed by atoms with Crippen LogP contribution in [0.5, 0.6) is 0 Å². The van der Waals surface area contributed by atoms with Gasteiger partial charge in [0.15, 0.2) is 0 Å². The Balaban J connectivity index is 2.14. The summed E-state index contributed by atoms with van der Waals surface area (Å²) in [5, 5.41) is 6.21. The first kappa shape index (κ1) is 21.6. The van der Waals surface area contributed by atoms with Crippen LogP contribution in [0.3, 0.4) is 0 Å². The number of amides is 2. The second kappa shape index (κ2) is 10.0. The Morgan fingerprint density at radius 3 is 2.43 bits per heavy atom. The lowest BCUT2D eigenvalue weighted by molar-refractivity contribution is -0.119. The van der Waals surface area contributed by atoms with E-state index in [-0.39, 0.29) is 17.7 Å². The third-order valence-electron chi connectivity index (χ3n) is 4.44. The Morgan fingerprint density at radius 1 is 1.14 bits per heavy atom. The van der Waals surface area contributed by atoms with Crippen molar-refractivity contribution in [1.82, 2.24) is 5.32 Å². The molecule has 6 nitrogen and oxygen atoms in total. The molecule has 0 saturated carbocycles. The van der Waals surface area contributed by atoms with Gasteiger partial charge in [-0.15, -0.1) is 11.3 Å². The zero-order chi connectivity index (χ0) is 20.7. The van der Waals surface area contributed by atoms with Crippen molar-refractivity contribution in [3.8, 4) is 0 Å². The molecule has 0 aliphatic carbocycles. The Morgan fingerprint density at radius 2 is 1.82 bits per heavy atom. The van der Waals surface area contributed by atoms with Crippen molar-refractivity contribution in [2.24, 2.45) is 5.92 Å². The Bertz CT molecular complexity index is 832. The van der Waals surface area contributed by atoms with Gasteiger partial charge in [-0.2, -0.15) is 0 Å². The summed E-state index contributed by atoms with van der Waals surface area (Å²) in [6, 6.07) is 9.84. The van der Waals surface area contributed by atoms with Crippen LogP contribution in [0.2, 0.25) is 0 Å². The predicted octanol–water partition coefficient (Wildman–Crippen LogP) is 4.02. The highest BCUT2D eigenvalue weighted by molar-refractivity contribution is 7.18. The van der Waals surface area contributed by atoms with Gasteiger partial charge >= 0.3 is 5.97 Å². The van der Waals surface area contributed by atoms with Crippen LogP contribution in [0.25, 0.3) is 0 Å². The number of rotatable bonds is 8. The van der Waals surface area contributed by atoms with E-state index in [1.807, 2.05) is 19.9 Å². The molecular formula is C21H26N2O4S. The minimum absolute atomic E-state index is 0.0572. The van der Waals surface area contributed by atoms with E-state index in [0.29, 0.717) is 22.0 Å². The van der Waals surface area contributed by atoms with E-state index in [0.717, 1.165) is 12.0 Å². The molecule has 7 heteroatoms. The highest BCUT2D eigenvalue weighted by Crippen LogP contribution is 2.28. The molecule has 0 aliphatic rings. The number of carbonyl (C=O) groups excluding carboxylic acids is 3. The molecule has 0 radical (unpaired) electrons. The lowest BCUT2D eigenvalue weighted by atomic mass is 9.98. The van der Waals surface area contributed by atoms with Crippen molar-refractivity contribution >= 4 is 34.1 Å². The molecule has 0 fully saturated rings. The van der Waals surface area contributed by atoms with E-state index in [2.05, 4.69) is 10.6 Å². The van der Waals surface area contributed by atoms with Crippen molar-refractivity contribution in [2.75, 3.05) is 11.9 Å². The quantitative estimate of drug-likeness (QED) is 0.653. The number of hydrogen-bond acceptors (Lipinski definition) is 5. The van der Waals surface area contributed by atoms with Crippen molar-refractivity contribution < 1.29 is 19.1 Å². The fourth-order valence-corrected chi connectivity index (χ4v) is 3.63. The first-order valence-electron chi connectivity index (χ1n) is 9.31. The monoisotopic (exact) mass is 402 g/mol. The molecule has 150 valence electrons. The van der Waals surface area contributed by atoms with Crippen molar-refractivity contribution in [2.45, 2.75) is 40.2 Å². The summed E-state index contributed by atoms with van der Waals surface area (Å²) in [7, 11) is 0. The fourth-order valence-electron chi connectivity index (χ4n) is 2.66. The van der Waals surface area contributed by atoms with Gasteiger partial charge in [0.1, 0.15) is 10.9 Å². The van der Waals surface area contributed by atoms with Crippen LogP contribution in [-0.4, -0.2) is 30.4 Å². The number of thiophene rings is 1. The molecule has 2 rings (SSSR count). The van der Waals surface area contributed by atoms with Crippen LogP contribution < -0.4 is 10.6 Å². The summed E-state index contributed by atoms with van der Waals surface area (Å²) >= 11 is 1.17. The summed E-state index contributed by atoms with van der Waals surface area (Å²) < 4.78 is 5.03. The molecule has 1 aromatic heterocycles. The zero-order valence-corrected chi connectivity index (χ0v) is 17.4. The van der Waals surface area contributed by atoms with Gasteiger partial charge in [0.05, 0.1) is 11.6 Å². The Hall–Kier alpha value is -2.67. The first-order chi connectivity index (χ1) is 13.4.